The smallest absolute Gasteiger partial charge is 0.422 e. The van der Waals surface area contributed by atoms with E-state index in [1.165, 1.54) is 36.6 Å². The number of methoxy groups -OCH3 is 1. The van der Waals surface area contributed by atoms with Gasteiger partial charge in [-0.15, -0.1) is 11.3 Å². The van der Waals surface area contributed by atoms with Crippen molar-refractivity contribution in [2.24, 2.45) is 0 Å². The van der Waals surface area contributed by atoms with Crippen LogP contribution in [0.5, 0.6) is 11.5 Å². The van der Waals surface area contributed by atoms with Crippen LogP contribution in [-0.2, 0) is 12.1 Å². The summed E-state index contributed by atoms with van der Waals surface area (Å²) in [5.41, 5.74) is 0.0561. The van der Waals surface area contributed by atoms with Crippen LogP contribution in [0.15, 0.2) is 36.1 Å². The monoisotopic (exact) mass is 427 g/mol. The summed E-state index contributed by atoms with van der Waals surface area (Å²) in [6.07, 6.45) is -1.16. The Bertz CT molecular complexity index is 986. The molecular weight excluding hydrogens is 407 g/mol. The number of thiazole rings is 1. The van der Waals surface area contributed by atoms with Crippen molar-refractivity contribution in [3.05, 3.63) is 58.1 Å². The number of nitrogens with zero attached hydrogens (tertiary/aromatic N) is 3. The SMILES string of the molecule is COc1ccc(OCC(F)(F)F)cc1C(O)(Cn1cnc(C)c1)c1nc(C)cs1. The molecule has 0 aliphatic heterocycles. The molecule has 6 nitrogen and oxygen atoms in total. The maximum atomic E-state index is 12.6. The Morgan fingerprint density at radius 3 is 2.52 bits per heavy atom. The Hall–Kier alpha value is -2.59. The van der Waals surface area contributed by atoms with Crippen molar-refractivity contribution in [3.63, 3.8) is 0 Å². The lowest BCUT2D eigenvalue weighted by atomic mass is 9.92. The standard InChI is InChI=1S/C19H20F3N3O3S/c1-12-7-25(11-23-12)9-18(26,17-24-13(2)8-29-17)15-6-14(4-5-16(15)27-3)28-10-19(20,21)22/h4-8,11,26H,9-10H2,1-3H3. The molecule has 0 spiro atoms. The van der Waals surface area contributed by atoms with Crippen LogP contribution in [0, 0.1) is 13.8 Å². The van der Waals surface area contributed by atoms with Gasteiger partial charge in [0.1, 0.15) is 16.5 Å². The first-order chi connectivity index (χ1) is 13.6. The fraction of sp³-hybridized carbons (Fsp3) is 0.368. The number of aryl methyl sites for hydroxylation is 2. The van der Waals surface area contributed by atoms with Crippen molar-refractivity contribution >= 4 is 11.3 Å². The maximum Gasteiger partial charge on any atom is 0.422 e. The van der Waals surface area contributed by atoms with Crippen molar-refractivity contribution in [1.29, 1.82) is 0 Å². The molecule has 0 bridgehead atoms. The molecule has 0 aliphatic rings. The molecule has 1 atom stereocenters. The van der Waals surface area contributed by atoms with Crippen LogP contribution >= 0.6 is 11.3 Å². The molecule has 0 amide bonds. The molecule has 29 heavy (non-hydrogen) atoms. The lowest BCUT2D eigenvalue weighted by Crippen LogP contribution is -2.33. The van der Waals surface area contributed by atoms with E-state index >= 15 is 0 Å². The van der Waals surface area contributed by atoms with E-state index in [2.05, 4.69) is 9.97 Å². The summed E-state index contributed by atoms with van der Waals surface area (Å²) in [5.74, 6) is 0.267. The molecule has 1 unspecified atom stereocenters. The number of imidazole rings is 1. The molecule has 2 heterocycles. The van der Waals surface area contributed by atoms with E-state index in [-0.39, 0.29) is 17.9 Å². The van der Waals surface area contributed by atoms with Gasteiger partial charge in [0.25, 0.3) is 0 Å². The topological polar surface area (TPSA) is 69.4 Å². The second-order valence-corrected chi connectivity index (χ2v) is 7.47. The zero-order valence-corrected chi connectivity index (χ0v) is 16.8. The highest BCUT2D eigenvalue weighted by atomic mass is 32.1. The number of ether oxygens (including phenoxy) is 2. The maximum absolute atomic E-state index is 12.6. The zero-order valence-electron chi connectivity index (χ0n) is 16.0. The molecule has 1 aromatic carbocycles. The zero-order chi connectivity index (χ0) is 21.2. The second kappa shape index (κ2) is 8.03. The summed E-state index contributed by atoms with van der Waals surface area (Å²) < 4.78 is 49.6. The predicted octanol–water partition coefficient (Wildman–Crippen LogP) is 3.84. The first-order valence-corrected chi connectivity index (χ1v) is 9.50. The minimum atomic E-state index is -4.48. The van der Waals surface area contributed by atoms with E-state index in [0.29, 0.717) is 16.5 Å². The molecule has 156 valence electrons. The van der Waals surface area contributed by atoms with Gasteiger partial charge in [-0.25, -0.2) is 9.97 Å². The third-order valence-electron chi connectivity index (χ3n) is 4.17. The van der Waals surface area contributed by atoms with Gasteiger partial charge in [0.15, 0.2) is 12.2 Å². The highest BCUT2D eigenvalue weighted by Gasteiger charge is 2.39. The van der Waals surface area contributed by atoms with Crippen molar-refractivity contribution < 1.29 is 27.8 Å². The summed E-state index contributed by atoms with van der Waals surface area (Å²) in [5, 5.41) is 13.9. The Balaban J connectivity index is 2.08. The van der Waals surface area contributed by atoms with Gasteiger partial charge in [-0.1, -0.05) is 0 Å². The van der Waals surface area contributed by atoms with Crippen LogP contribution in [0.25, 0.3) is 0 Å². The molecule has 3 rings (SSSR count). The van der Waals surface area contributed by atoms with Gasteiger partial charge >= 0.3 is 6.18 Å². The van der Waals surface area contributed by atoms with Crippen LogP contribution in [-0.4, -0.2) is 39.5 Å². The Morgan fingerprint density at radius 2 is 1.97 bits per heavy atom. The molecule has 0 aliphatic carbocycles. The quantitative estimate of drug-likeness (QED) is 0.621. The van der Waals surface area contributed by atoms with Crippen LogP contribution < -0.4 is 9.47 Å². The molecule has 10 heteroatoms. The predicted molar refractivity (Wildman–Crippen MR) is 101 cm³/mol. The fourth-order valence-corrected chi connectivity index (χ4v) is 3.80. The van der Waals surface area contributed by atoms with Crippen molar-refractivity contribution in [2.45, 2.75) is 32.2 Å². The number of benzene rings is 1. The Morgan fingerprint density at radius 1 is 1.21 bits per heavy atom. The summed E-state index contributed by atoms with van der Waals surface area (Å²) in [6, 6.07) is 4.18. The summed E-state index contributed by atoms with van der Waals surface area (Å²) >= 11 is 1.25. The second-order valence-electron chi connectivity index (χ2n) is 6.61. The van der Waals surface area contributed by atoms with Crippen molar-refractivity contribution in [1.82, 2.24) is 14.5 Å². The van der Waals surface area contributed by atoms with Crippen molar-refractivity contribution in [2.75, 3.05) is 13.7 Å². The number of rotatable bonds is 7. The van der Waals surface area contributed by atoms with Gasteiger partial charge in [-0.3, -0.25) is 0 Å². The summed E-state index contributed by atoms with van der Waals surface area (Å²) in [6.45, 7) is 2.21. The molecular formula is C19H20F3N3O3S. The summed E-state index contributed by atoms with van der Waals surface area (Å²) in [7, 11) is 1.42. The minimum absolute atomic E-state index is 0.0355. The normalized spacial score (nSPS) is 13.9. The van der Waals surface area contributed by atoms with Gasteiger partial charge in [0, 0.05) is 22.8 Å². The average Bonchev–Trinajstić information content (AvgIpc) is 3.27. The Labute approximate surface area is 169 Å². The number of halogens is 3. The Kier molecular flexibility index (Phi) is 5.85. The van der Waals surface area contributed by atoms with Crippen LogP contribution in [0.3, 0.4) is 0 Å². The van der Waals surface area contributed by atoms with Gasteiger partial charge < -0.3 is 19.1 Å². The highest BCUT2D eigenvalue weighted by Crippen LogP contribution is 2.40. The number of aliphatic hydroxyl groups is 1. The molecule has 0 saturated carbocycles. The lowest BCUT2D eigenvalue weighted by Gasteiger charge is -2.29. The van der Waals surface area contributed by atoms with E-state index < -0.39 is 18.4 Å². The summed E-state index contributed by atoms with van der Waals surface area (Å²) in [4.78, 5) is 8.57. The number of aromatic nitrogens is 3. The van der Waals surface area contributed by atoms with Gasteiger partial charge in [-0.2, -0.15) is 13.2 Å². The lowest BCUT2D eigenvalue weighted by molar-refractivity contribution is -0.153. The molecule has 3 aromatic rings. The largest absolute Gasteiger partial charge is 0.496 e. The highest BCUT2D eigenvalue weighted by molar-refractivity contribution is 7.09. The van der Waals surface area contributed by atoms with Crippen LogP contribution in [0.2, 0.25) is 0 Å². The van der Waals surface area contributed by atoms with Crippen LogP contribution in [0.4, 0.5) is 13.2 Å². The van der Waals surface area contributed by atoms with Gasteiger partial charge in [-0.05, 0) is 32.0 Å². The number of hydrogen-bond acceptors (Lipinski definition) is 6. The van der Waals surface area contributed by atoms with Gasteiger partial charge in [0.05, 0.1) is 25.7 Å². The van der Waals surface area contributed by atoms with E-state index in [0.717, 1.165) is 5.69 Å². The average molecular weight is 427 g/mol. The van der Waals surface area contributed by atoms with E-state index in [9.17, 15) is 18.3 Å². The third kappa shape index (κ3) is 4.88. The van der Waals surface area contributed by atoms with Crippen LogP contribution in [0.1, 0.15) is 22.0 Å². The molecule has 1 N–H and O–H groups in total. The van der Waals surface area contributed by atoms with Crippen molar-refractivity contribution in [3.8, 4) is 11.5 Å². The third-order valence-corrected chi connectivity index (χ3v) is 5.28. The molecule has 0 saturated heterocycles. The first kappa shape index (κ1) is 21.1. The fourth-order valence-electron chi connectivity index (χ4n) is 2.90. The van der Waals surface area contributed by atoms with E-state index in [4.69, 9.17) is 9.47 Å². The van der Waals surface area contributed by atoms with E-state index in [1.807, 2.05) is 6.92 Å². The molecule has 2 aromatic heterocycles. The van der Waals surface area contributed by atoms with E-state index in [1.54, 1.807) is 29.4 Å². The number of alkyl halides is 3. The molecule has 0 radical (unpaired) electrons. The number of hydrogen-bond donors (Lipinski definition) is 1. The first-order valence-electron chi connectivity index (χ1n) is 8.62. The van der Waals surface area contributed by atoms with Gasteiger partial charge in [0.2, 0.25) is 0 Å². The minimum Gasteiger partial charge on any atom is -0.496 e. The molecule has 0 fully saturated rings.